The van der Waals surface area contributed by atoms with E-state index >= 15 is 0 Å². The lowest BCUT2D eigenvalue weighted by Crippen LogP contribution is -2.36. The first kappa shape index (κ1) is 22.5. The van der Waals surface area contributed by atoms with Gasteiger partial charge in [0, 0.05) is 18.8 Å². The van der Waals surface area contributed by atoms with Crippen LogP contribution in [0.25, 0.3) is 0 Å². The molecule has 1 aromatic heterocycles. The number of hydrogen-bond donors (Lipinski definition) is 1. The van der Waals surface area contributed by atoms with E-state index in [9.17, 15) is 13.2 Å². The summed E-state index contributed by atoms with van der Waals surface area (Å²) in [5, 5.41) is 7.42. The van der Waals surface area contributed by atoms with Gasteiger partial charge in [0.1, 0.15) is 11.4 Å². The molecule has 30 heavy (non-hydrogen) atoms. The van der Waals surface area contributed by atoms with E-state index in [1.165, 1.54) is 4.68 Å². The second kappa shape index (κ2) is 9.31. The first-order valence-electron chi connectivity index (χ1n) is 10.7. The Balaban J connectivity index is 1.84. The fourth-order valence-electron chi connectivity index (χ4n) is 4.16. The van der Waals surface area contributed by atoms with Gasteiger partial charge in [-0.05, 0) is 50.7 Å². The molecule has 1 amide bonds. The van der Waals surface area contributed by atoms with E-state index in [-0.39, 0.29) is 17.3 Å². The second-order valence-electron chi connectivity index (χ2n) is 7.83. The molecule has 0 atom stereocenters. The van der Waals surface area contributed by atoms with E-state index in [0.717, 1.165) is 48.9 Å². The molecule has 0 bridgehead atoms. The van der Waals surface area contributed by atoms with Gasteiger partial charge in [-0.2, -0.15) is 9.40 Å². The summed E-state index contributed by atoms with van der Waals surface area (Å²) < 4.78 is 29.4. The van der Waals surface area contributed by atoms with E-state index < -0.39 is 10.0 Å². The van der Waals surface area contributed by atoms with Crippen LogP contribution in [0.2, 0.25) is 0 Å². The summed E-state index contributed by atoms with van der Waals surface area (Å²) in [4.78, 5) is 13.0. The number of aryl methyl sites for hydroxylation is 3. The summed E-state index contributed by atoms with van der Waals surface area (Å²) in [6.45, 7) is 8.60. The molecule has 0 unspecified atom stereocenters. The maximum atomic E-state index is 13.2. The topological polar surface area (TPSA) is 84.3 Å². The summed E-state index contributed by atoms with van der Waals surface area (Å²) in [5.74, 6) is -0.210. The van der Waals surface area contributed by atoms with Crippen molar-refractivity contribution in [3.63, 3.8) is 0 Å². The molecule has 1 aliphatic rings. The van der Waals surface area contributed by atoms with Crippen molar-refractivity contribution in [1.82, 2.24) is 14.1 Å². The van der Waals surface area contributed by atoms with Gasteiger partial charge in [0.2, 0.25) is 15.9 Å². The predicted octanol–water partition coefficient (Wildman–Crippen LogP) is 3.44. The Bertz CT molecular complexity index is 999. The highest BCUT2D eigenvalue weighted by molar-refractivity contribution is 7.89. The van der Waals surface area contributed by atoms with Crippen molar-refractivity contribution in [3.05, 3.63) is 40.7 Å². The highest BCUT2D eigenvalue weighted by Gasteiger charge is 2.32. The van der Waals surface area contributed by atoms with Crippen molar-refractivity contribution in [2.45, 2.75) is 71.2 Å². The van der Waals surface area contributed by atoms with Crippen molar-refractivity contribution < 1.29 is 13.2 Å². The standard InChI is InChI=1S/C22H32N4O3S/c1-5-18-11-10-12-19(6-2)21(18)23-20(27)15-26-17(4)22(16(3)24-26)30(28,29)25-13-8-7-9-14-25/h10-12H,5-9,13-15H2,1-4H3,(H,23,27). The van der Waals surface area contributed by atoms with Gasteiger partial charge in [-0.1, -0.05) is 38.5 Å². The lowest BCUT2D eigenvalue weighted by molar-refractivity contribution is -0.117. The minimum absolute atomic E-state index is 0.0244. The van der Waals surface area contributed by atoms with Crippen LogP contribution in [0.15, 0.2) is 23.1 Å². The third-order valence-corrected chi connectivity index (χ3v) is 7.94. The number of nitrogens with one attached hydrogen (secondary N) is 1. The van der Waals surface area contributed by atoms with Gasteiger partial charge in [-0.25, -0.2) is 8.42 Å². The van der Waals surface area contributed by atoms with Crippen molar-refractivity contribution in [2.24, 2.45) is 0 Å². The van der Waals surface area contributed by atoms with Gasteiger partial charge in [0.05, 0.1) is 11.4 Å². The Morgan fingerprint density at radius 2 is 1.67 bits per heavy atom. The first-order valence-corrected chi connectivity index (χ1v) is 12.2. The minimum Gasteiger partial charge on any atom is -0.324 e. The average Bonchev–Trinajstić information content (AvgIpc) is 3.02. The molecule has 7 nitrogen and oxygen atoms in total. The monoisotopic (exact) mass is 432 g/mol. The maximum absolute atomic E-state index is 13.2. The average molecular weight is 433 g/mol. The van der Waals surface area contributed by atoms with Crippen molar-refractivity contribution in [2.75, 3.05) is 18.4 Å². The van der Waals surface area contributed by atoms with E-state index in [1.807, 2.05) is 18.2 Å². The second-order valence-corrected chi connectivity index (χ2v) is 9.70. The van der Waals surface area contributed by atoms with Gasteiger partial charge in [-0.3, -0.25) is 9.48 Å². The predicted molar refractivity (Wildman–Crippen MR) is 118 cm³/mol. The number of anilines is 1. The lowest BCUT2D eigenvalue weighted by Gasteiger charge is -2.26. The fourth-order valence-corrected chi connectivity index (χ4v) is 6.05. The largest absolute Gasteiger partial charge is 0.324 e. The highest BCUT2D eigenvalue weighted by Crippen LogP contribution is 2.27. The Hall–Kier alpha value is -2.19. The van der Waals surface area contributed by atoms with Gasteiger partial charge in [-0.15, -0.1) is 0 Å². The van der Waals surface area contributed by atoms with Crippen molar-refractivity contribution in [3.8, 4) is 0 Å². The Labute approximate surface area is 179 Å². The first-order chi connectivity index (χ1) is 14.3. The van der Waals surface area contributed by atoms with E-state index in [2.05, 4.69) is 24.3 Å². The molecule has 2 aromatic rings. The number of rotatable bonds is 7. The zero-order chi connectivity index (χ0) is 21.9. The molecule has 0 aliphatic carbocycles. The summed E-state index contributed by atoms with van der Waals surface area (Å²) in [7, 11) is -3.60. The van der Waals surface area contributed by atoms with Crippen LogP contribution in [0, 0.1) is 13.8 Å². The molecule has 1 aliphatic heterocycles. The van der Waals surface area contributed by atoms with Gasteiger partial charge < -0.3 is 5.32 Å². The SMILES string of the molecule is CCc1cccc(CC)c1NC(=O)Cn1nc(C)c(S(=O)(=O)N2CCCCC2)c1C. The van der Waals surface area contributed by atoms with Crippen LogP contribution >= 0.6 is 0 Å². The Kier molecular flexibility index (Phi) is 6.98. The van der Waals surface area contributed by atoms with Crippen LogP contribution in [0.5, 0.6) is 0 Å². The van der Waals surface area contributed by atoms with Crippen LogP contribution in [-0.4, -0.2) is 41.5 Å². The number of amides is 1. The Morgan fingerprint density at radius 3 is 2.23 bits per heavy atom. The number of sulfonamides is 1. The number of piperidine rings is 1. The highest BCUT2D eigenvalue weighted by atomic mass is 32.2. The smallest absolute Gasteiger partial charge is 0.246 e. The summed E-state index contributed by atoms with van der Waals surface area (Å²) in [6.07, 6.45) is 4.46. The summed E-state index contributed by atoms with van der Waals surface area (Å²) >= 11 is 0. The van der Waals surface area contributed by atoms with Gasteiger partial charge in [0.25, 0.3) is 0 Å². The zero-order valence-corrected chi connectivity index (χ0v) is 19.2. The molecule has 3 rings (SSSR count). The number of aromatic nitrogens is 2. The molecule has 164 valence electrons. The number of nitrogens with zero attached hydrogens (tertiary/aromatic N) is 3. The molecule has 2 heterocycles. The maximum Gasteiger partial charge on any atom is 0.246 e. The van der Waals surface area contributed by atoms with Gasteiger partial charge in [0.15, 0.2) is 0 Å². The molecule has 8 heteroatoms. The van der Waals surface area contributed by atoms with Crippen LogP contribution in [0.3, 0.4) is 0 Å². The summed E-state index contributed by atoms with van der Waals surface area (Å²) in [6, 6.07) is 6.04. The zero-order valence-electron chi connectivity index (χ0n) is 18.4. The Morgan fingerprint density at radius 1 is 1.07 bits per heavy atom. The van der Waals surface area contributed by atoms with Gasteiger partial charge >= 0.3 is 0 Å². The lowest BCUT2D eigenvalue weighted by atomic mass is 10.0. The quantitative estimate of drug-likeness (QED) is 0.726. The molecule has 1 N–H and O–H groups in total. The summed E-state index contributed by atoms with van der Waals surface area (Å²) in [5.41, 5.74) is 3.98. The normalized spacial score (nSPS) is 15.3. The fraction of sp³-hybridized carbons (Fsp3) is 0.545. The number of benzene rings is 1. The molecule has 1 saturated heterocycles. The number of hydrogen-bond acceptors (Lipinski definition) is 4. The van der Waals surface area contributed by atoms with E-state index in [0.29, 0.717) is 24.5 Å². The minimum atomic E-state index is -3.60. The number of carbonyl (C=O) groups excluding carboxylic acids is 1. The third-order valence-electron chi connectivity index (χ3n) is 5.78. The third kappa shape index (κ3) is 4.44. The van der Waals surface area contributed by atoms with Crippen LogP contribution in [-0.2, 0) is 34.2 Å². The number of para-hydroxylation sites is 1. The van der Waals surface area contributed by atoms with Crippen LogP contribution in [0.1, 0.15) is 55.6 Å². The van der Waals surface area contributed by atoms with E-state index in [1.54, 1.807) is 18.2 Å². The van der Waals surface area contributed by atoms with E-state index in [4.69, 9.17) is 0 Å². The van der Waals surface area contributed by atoms with Crippen LogP contribution in [0.4, 0.5) is 5.69 Å². The van der Waals surface area contributed by atoms with Crippen molar-refractivity contribution in [1.29, 1.82) is 0 Å². The molecule has 0 radical (unpaired) electrons. The molecule has 1 fully saturated rings. The van der Waals surface area contributed by atoms with Crippen LogP contribution < -0.4 is 5.32 Å². The molecular formula is C22H32N4O3S. The van der Waals surface area contributed by atoms with Crippen molar-refractivity contribution >= 4 is 21.6 Å². The molecule has 1 aromatic carbocycles. The molecule has 0 spiro atoms. The number of carbonyl (C=O) groups is 1. The molecule has 0 saturated carbocycles. The molecular weight excluding hydrogens is 400 g/mol.